The molecule has 1 amide bonds. The molecule has 0 spiro atoms. The van der Waals surface area contributed by atoms with Crippen LogP contribution in [-0.4, -0.2) is 21.6 Å². The highest BCUT2D eigenvalue weighted by Gasteiger charge is 2.20. The summed E-state index contributed by atoms with van der Waals surface area (Å²) in [6.07, 6.45) is 1.19. The fraction of sp³-hybridized carbons (Fsp3) is 0.208. The summed E-state index contributed by atoms with van der Waals surface area (Å²) in [5.74, 6) is -1.52. The van der Waals surface area contributed by atoms with E-state index >= 15 is 0 Å². The Morgan fingerprint density at radius 3 is 2.44 bits per heavy atom. The number of pyridine rings is 1. The van der Waals surface area contributed by atoms with E-state index in [1.54, 1.807) is 25.1 Å². The average Bonchev–Trinajstić information content (AvgIpc) is 2.74. The van der Waals surface area contributed by atoms with Gasteiger partial charge in [0, 0.05) is 12.2 Å². The molecule has 0 aliphatic carbocycles. The predicted octanol–water partition coefficient (Wildman–Crippen LogP) is 5.22. The number of hydrogen-bond acceptors (Lipinski definition) is 3. The van der Waals surface area contributed by atoms with Crippen molar-refractivity contribution in [2.24, 2.45) is 0 Å². The van der Waals surface area contributed by atoms with Crippen LogP contribution in [0.1, 0.15) is 44.5 Å². The van der Waals surface area contributed by atoms with Crippen molar-refractivity contribution < 1.29 is 14.7 Å². The molecule has 0 fully saturated rings. The van der Waals surface area contributed by atoms with Crippen LogP contribution in [0.25, 0.3) is 0 Å². The molecule has 1 aromatic heterocycles. The number of nitrogens with one attached hydrogen (secondary N) is 1. The van der Waals surface area contributed by atoms with Crippen LogP contribution in [0.3, 0.4) is 0 Å². The van der Waals surface area contributed by atoms with Gasteiger partial charge in [0.05, 0.1) is 10.6 Å². The standard InChI is InChI=1S/C24H22Cl2N2O4/c1-3-15-5-4-6-17(12-15)27-22(29)21-19(25)13-20(26)23(30)28(21)10-9-16-7-8-18(24(31)32)14(2)11-16/h4-8,11-13H,3,9-10H2,1-2H3,(H,27,29)(H,31,32). The normalized spacial score (nSPS) is 10.8. The number of carbonyl (C=O) groups is 2. The SMILES string of the molecule is CCc1cccc(NC(=O)c2c(Cl)cc(Cl)c(=O)n2CCc2ccc(C(=O)O)c(C)c2)c1. The maximum absolute atomic E-state index is 13.0. The number of carbonyl (C=O) groups excluding carboxylic acids is 1. The summed E-state index contributed by atoms with van der Waals surface area (Å²) >= 11 is 12.4. The summed E-state index contributed by atoms with van der Waals surface area (Å²) in [5.41, 5.74) is 2.79. The summed E-state index contributed by atoms with van der Waals surface area (Å²) in [6.45, 7) is 3.86. The second-order valence-corrected chi connectivity index (χ2v) is 8.17. The van der Waals surface area contributed by atoms with E-state index < -0.39 is 17.4 Å². The summed E-state index contributed by atoms with van der Waals surface area (Å²) in [5, 5.41) is 12.0. The molecule has 3 rings (SSSR count). The lowest BCUT2D eigenvalue weighted by Crippen LogP contribution is -2.30. The van der Waals surface area contributed by atoms with E-state index in [4.69, 9.17) is 23.2 Å². The number of rotatable bonds is 7. The fourth-order valence-corrected chi connectivity index (χ4v) is 4.03. The first-order chi connectivity index (χ1) is 15.2. The van der Waals surface area contributed by atoms with E-state index in [9.17, 15) is 19.5 Å². The van der Waals surface area contributed by atoms with Crippen LogP contribution in [0.5, 0.6) is 0 Å². The summed E-state index contributed by atoms with van der Waals surface area (Å²) in [6, 6.07) is 13.6. The van der Waals surface area contributed by atoms with Crippen LogP contribution in [0.15, 0.2) is 53.3 Å². The van der Waals surface area contributed by atoms with Gasteiger partial charge in [-0.15, -0.1) is 0 Å². The van der Waals surface area contributed by atoms with Gasteiger partial charge in [-0.2, -0.15) is 0 Å². The van der Waals surface area contributed by atoms with Crippen LogP contribution >= 0.6 is 23.2 Å². The first kappa shape index (κ1) is 23.6. The molecule has 8 heteroatoms. The molecule has 166 valence electrons. The van der Waals surface area contributed by atoms with Gasteiger partial charge in [0.1, 0.15) is 10.7 Å². The van der Waals surface area contributed by atoms with Gasteiger partial charge in [0.2, 0.25) is 0 Å². The third-order valence-electron chi connectivity index (χ3n) is 5.15. The molecule has 3 aromatic rings. The van der Waals surface area contributed by atoms with Gasteiger partial charge in [0.15, 0.2) is 0 Å². The minimum Gasteiger partial charge on any atom is -0.478 e. The molecule has 0 saturated carbocycles. The van der Waals surface area contributed by atoms with Crippen molar-refractivity contribution in [3.05, 3.63) is 96.9 Å². The first-order valence-corrected chi connectivity index (χ1v) is 10.8. The third kappa shape index (κ3) is 5.21. The van der Waals surface area contributed by atoms with Gasteiger partial charge >= 0.3 is 5.97 Å². The van der Waals surface area contributed by atoms with Crippen LogP contribution in [0.2, 0.25) is 10.0 Å². The molecular weight excluding hydrogens is 451 g/mol. The lowest BCUT2D eigenvalue weighted by molar-refractivity contribution is 0.0696. The van der Waals surface area contributed by atoms with Crippen LogP contribution in [0.4, 0.5) is 5.69 Å². The molecular formula is C24H22Cl2N2O4. The number of amides is 1. The molecule has 1 heterocycles. The molecule has 0 atom stereocenters. The molecule has 0 aliphatic rings. The number of aromatic nitrogens is 1. The molecule has 0 radical (unpaired) electrons. The molecule has 0 bridgehead atoms. The Morgan fingerprint density at radius 1 is 1.03 bits per heavy atom. The Kier molecular flexibility index (Phi) is 7.38. The number of hydrogen-bond donors (Lipinski definition) is 2. The van der Waals surface area contributed by atoms with Crippen LogP contribution in [0, 0.1) is 6.92 Å². The fourth-order valence-electron chi connectivity index (χ4n) is 3.47. The Morgan fingerprint density at radius 2 is 1.78 bits per heavy atom. The number of nitrogens with zero attached hydrogens (tertiary/aromatic N) is 1. The molecule has 6 nitrogen and oxygen atoms in total. The Balaban J connectivity index is 1.92. The number of aromatic carboxylic acids is 1. The van der Waals surface area contributed by atoms with Crippen molar-refractivity contribution in [2.75, 3.05) is 5.32 Å². The van der Waals surface area contributed by atoms with Crippen molar-refractivity contribution in [3.8, 4) is 0 Å². The second kappa shape index (κ2) is 10.0. The third-order valence-corrected chi connectivity index (χ3v) is 5.71. The van der Waals surface area contributed by atoms with E-state index in [-0.39, 0.29) is 27.8 Å². The van der Waals surface area contributed by atoms with E-state index in [0.717, 1.165) is 17.5 Å². The average molecular weight is 473 g/mol. The highest BCUT2D eigenvalue weighted by atomic mass is 35.5. The van der Waals surface area contributed by atoms with Crippen molar-refractivity contribution in [3.63, 3.8) is 0 Å². The quantitative estimate of drug-likeness (QED) is 0.493. The van der Waals surface area contributed by atoms with Crippen molar-refractivity contribution in [1.29, 1.82) is 0 Å². The maximum atomic E-state index is 13.0. The highest BCUT2D eigenvalue weighted by molar-refractivity contribution is 6.36. The van der Waals surface area contributed by atoms with Gasteiger partial charge in [-0.25, -0.2) is 4.79 Å². The summed E-state index contributed by atoms with van der Waals surface area (Å²) in [4.78, 5) is 37.0. The lowest BCUT2D eigenvalue weighted by atomic mass is 10.0. The van der Waals surface area contributed by atoms with Gasteiger partial charge in [0.25, 0.3) is 11.5 Å². The first-order valence-electron chi connectivity index (χ1n) is 10.0. The Labute approximate surface area is 195 Å². The van der Waals surface area contributed by atoms with Gasteiger partial charge in [-0.05, 0) is 60.7 Å². The number of anilines is 1. The minimum absolute atomic E-state index is 0.0156. The molecule has 32 heavy (non-hydrogen) atoms. The number of aryl methyl sites for hydroxylation is 3. The van der Waals surface area contributed by atoms with E-state index in [1.165, 1.54) is 16.7 Å². The maximum Gasteiger partial charge on any atom is 0.335 e. The monoisotopic (exact) mass is 472 g/mol. The minimum atomic E-state index is -1.00. The van der Waals surface area contributed by atoms with Crippen LogP contribution in [-0.2, 0) is 19.4 Å². The van der Waals surface area contributed by atoms with E-state index in [0.29, 0.717) is 17.7 Å². The summed E-state index contributed by atoms with van der Waals surface area (Å²) in [7, 11) is 0. The van der Waals surface area contributed by atoms with Gasteiger partial charge in [-0.3, -0.25) is 9.59 Å². The topological polar surface area (TPSA) is 88.4 Å². The predicted molar refractivity (Wildman–Crippen MR) is 126 cm³/mol. The Hall–Kier alpha value is -3.09. The zero-order chi connectivity index (χ0) is 23.4. The largest absolute Gasteiger partial charge is 0.478 e. The molecule has 0 saturated heterocycles. The number of carboxylic acids is 1. The molecule has 0 aliphatic heterocycles. The van der Waals surface area contributed by atoms with Crippen LogP contribution < -0.4 is 10.9 Å². The second-order valence-electron chi connectivity index (χ2n) is 7.36. The molecule has 0 unspecified atom stereocenters. The molecule has 2 N–H and O–H groups in total. The van der Waals surface area contributed by atoms with E-state index in [2.05, 4.69) is 5.32 Å². The van der Waals surface area contributed by atoms with Crippen molar-refractivity contribution >= 4 is 40.8 Å². The highest BCUT2D eigenvalue weighted by Crippen LogP contribution is 2.21. The van der Waals surface area contributed by atoms with Crippen molar-refractivity contribution in [2.45, 2.75) is 33.2 Å². The Bertz CT molecular complexity index is 1250. The van der Waals surface area contributed by atoms with Gasteiger partial charge in [-0.1, -0.05) is 54.4 Å². The van der Waals surface area contributed by atoms with Gasteiger partial charge < -0.3 is 15.0 Å². The number of halogens is 2. The smallest absolute Gasteiger partial charge is 0.335 e. The number of benzene rings is 2. The van der Waals surface area contributed by atoms with Crippen molar-refractivity contribution in [1.82, 2.24) is 4.57 Å². The van der Waals surface area contributed by atoms with E-state index in [1.807, 2.05) is 25.1 Å². The summed E-state index contributed by atoms with van der Waals surface area (Å²) < 4.78 is 1.25. The zero-order valence-electron chi connectivity index (χ0n) is 17.6. The zero-order valence-corrected chi connectivity index (χ0v) is 19.1. The molecule has 2 aromatic carbocycles. The number of carboxylic acid groups (broad SMARTS) is 1. The lowest BCUT2D eigenvalue weighted by Gasteiger charge is -2.16.